The number of carbonyl (C=O) groups excluding carboxylic acids is 4. The number of ketones is 2. The minimum atomic E-state index is -0.637. The van der Waals surface area contributed by atoms with Gasteiger partial charge in [-0.3, -0.25) is 24.1 Å². The Bertz CT molecular complexity index is 641. The molecule has 5 rings (SSSR count). The number of rotatable bonds is 1. The van der Waals surface area contributed by atoms with Crippen LogP contribution < -0.4 is 4.90 Å². The van der Waals surface area contributed by atoms with Gasteiger partial charge in [0.05, 0.1) is 17.5 Å². The Morgan fingerprint density at radius 3 is 1.71 bits per heavy atom. The lowest BCUT2D eigenvalue weighted by Gasteiger charge is -2.40. The zero-order valence-electron chi connectivity index (χ0n) is 11.2. The molecule has 21 heavy (non-hydrogen) atoms. The summed E-state index contributed by atoms with van der Waals surface area (Å²) in [5, 5.41) is 0. The predicted octanol–water partition coefficient (Wildman–Crippen LogP) is 0.970. The van der Waals surface area contributed by atoms with Gasteiger partial charge in [0.25, 0.3) is 0 Å². The second-order valence-corrected chi connectivity index (χ2v) is 5.95. The van der Waals surface area contributed by atoms with Gasteiger partial charge in [0, 0.05) is 24.7 Å². The molecule has 0 N–H and O–H groups in total. The highest BCUT2D eigenvalue weighted by molar-refractivity contribution is 6.25. The highest BCUT2D eigenvalue weighted by Gasteiger charge is 2.63. The maximum atomic E-state index is 12.6. The van der Waals surface area contributed by atoms with Crippen LogP contribution in [0, 0.1) is 23.7 Å². The van der Waals surface area contributed by atoms with Crippen LogP contribution in [-0.4, -0.2) is 23.4 Å². The maximum Gasteiger partial charge on any atom is 0.238 e. The van der Waals surface area contributed by atoms with Crippen molar-refractivity contribution in [3.8, 4) is 0 Å². The highest BCUT2D eigenvalue weighted by Crippen LogP contribution is 2.50. The molecule has 5 heteroatoms. The van der Waals surface area contributed by atoms with Crippen LogP contribution in [0.1, 0.15) is 12.8 Å². The van der Waals surface area contributed by atoms with Gasteiger partial charge in [-0.2, -0.15) is 0 Å². The van der Waals surface area contributed by atoms with Crippen LogP contribution in [0.25, 0.3) is 0 Å². The van der Waals surface area contributed by atoms with E-state index in [1.807, 2.05) is 0 Å². The third-order valence-corrected chi connectivity index (χ3v) is 4.95. The molecule has 4 aliphatic rings. The fraction of sp³-hybridized carbons (Fsp3) is 0.375. The van der Waals surface area contributed by atoms with Gasteiger partial charge in [-0.1, -0.05) is 18.2 Å². The first-order valence-corrected chi connectivity index (χ1v) is 7.08. The summed E-state index contributed by atoms with van der Waals surface area (Å²) < 4.78 is 0. The number of anilines is 1. The lowest BCUT2D eigenvalue weighted by atomic mass is 9.58. The molecule has 1 aromatic rings. The van der Waals surface area contributed by atoms with Gasteiger partial charge < -0.3 is 0 Å². The summed E-state index contributed by atoms with van der Waals surface area (Å²) in [6.07, 6.45) is 0.235. The molecule has 3 aliphatic carbocycles. The summed E-state index contributed by atoms with van der Waals surface area (Å²) in [6.45, 7) is 0. The molecule has 1 saturated heterocycles. The van der Waals surface area contributed by atoms with Crippen LogP contribution in [-0.2, 0) is 19.2 Å². The van der Waals surface area contributed by atoms with E-state index in [-0.39, 0.29) is 36.2 Å². The van der Waals surface area contributed by atoms with Gasteiger partial charge in [-0.25, -0.2) is 0 Å². The van der Waals surface area contributed by atoms with Crippen LogP contribution in [0.4, 0.5) is 5.69 Å². The number of nitrogens with zero attached hydrogens (tertiary/aromatic N) is 1. The van der Waals surface area contributed by atoms with E-state index >= 15 is 0 Å². The average Bonchev–Trinajstić information content (AvgIpc) is 2.74. The summed E-state index contributed by atoms with van der Waals surface area (Å²) >= 11 is 0. The molecule has 3 saturated carbocycles. The van der Waals surface area contributed by atoms with Crippen LogP contribution in [0.3, 0.4) is 0 Å². The Hall–Kier alpha value is -2.30. The first-order chi connectivity index (χ1) is 10.1. The van der Waals surface area contributed by atoms with E-state index in [1.165, 1.54) is 0 Å². The molecule has 0 radical (unpaired) electrons. The van der Waals surface area contributed by atoms with Crippen molar-refractivity contribution in [3.63, 3.8) is 0 Å². The van der Waals surface area contributed by atoms with Gasteiger partial charge >= 0.3 is 0 Å². The molecule has 0 spiro atoms. The van der Waals surface area contributed by atoms with E-state index in [2.05, 4.69) is 0 Å². The number of Topliss-reactive ketones (excluding diaryl/α,β-unsaturated/α-hetero) is 2. The minimum Gasteiger partial charge on any atom is -0.299 e. The molecule has 4 unspecified atom stereocenters. The largest absolute Gasteiger partial charge is 0.299 e. The fourth-order valence-corrected chi connectivity index (χ4v) is 4.01. The standard InChI is InChI=1S/C16H13NO4/c18-11-6-9-12(19)7-10(11)14-13(9)15(20)17(16(14)21)8-4-2-1-3-5-8/h1-5,9-10,13-14H,6-7H2. The van der Waals surface area contributed by atoms with Gasteiger partial charge in [0.2, 0.25) is 11.8 Å². The third-order valence-electron chi connectivity index (χ3n) is 4.95. The predicted molar refractivity (Wildman–Crippen MR) is 72.1 cm³/mol. The lowest BCUT2D eigenvalue weighted by Crippen LogP contribution is -2.51. The molecule has 1 aromatic carbocycles. The van der Waals surface area contributed by atoms with E-state index in [4.69, 9.17) is 0 Å². The molecule has 4 atom stereocenters. The van der Waals surface area contributed by atoms with Gasteiger partial charge in [0.15, 0.2) is 0 Å². The Morgan fingerprint density at radius 1 is 0.762 bits per heavy atom. The molecule has 106 valence electrons. The van der Waals surface area contributed by atoms with Crippen LogP contribution in [0.2, 0.25) is 0 Å². The Kier molecular flexibility index (Phi) is 2.43. The second-order valence-electron chi connectivity index (χ2n) is 5.95. The van der Waals surface area contributed by atoms with Crippen molar-refractivity contribution < 1.29 is 19.2 Å². The first kappa shape index (κ1) is 12.4. The summed E-state index contributed by atoms with van der Waals surface area (Å²) in [5.74, 6) is -3.22. The summed E-state index contributed by atoms with van der Waals surface area (Å²) in [6, 6.07) is 8.70. The van der Waals surface area contributed by atoms with Crippen molar-refractivity contribution in [2.45, 2.75) is 12.8 Å². The van der Waals surface area contributed by atoms with Crippen molar-refractivity contribution in [2.75, 3.05) is 4.90 Å². The molecule has 2 bridgehead atoms. The molecule has 4 fully saturated rings. The Balaban J connectivity index is 1.80. The van der Waals surface area contributed by atoms with E-state index in [0.29, 0.717) is 5.69 Å². The summed E-state index contributed by atoms with van der Waals surface area (Å²) in [7, 11) is 0. The lowest BCUT2D eigenvalue weighted by molar-refractivity contribution is -0.153. The SMILES string of the molecule is O=C1CC2C(=O)CC1C1C(=O)N(c3ccccc3)C(=O)C21. The molecular weight excluding hydrogens is 270 g/mol. The van der Waals surface area contributed by atoms with E-state index in [9.17, 15) is 19.2 Å². The summed E-state index contributed by atoms with van der Waals surface area (Å²) in [5.41, 5.74) is 0.515. The topological polar surface area (TPSA) is 71.5 Å². The third kappa shape index (κ3) is 1.51. The van der Waals surface area contributed by atoms with Crippen molar-refractivity contribution in [3.05, 3.63) is 30.3 Å². The molecule has 0 aromatic heterocycles. The zero-order chi connectivity index (χ0) is 14.7. The normalized spacial score (nSPS) is 34.6. The zero-order valence-corrected chi connectivity index (χ0v) is 11.2. The molecule has 2 amide bonds. The number of hydrogen-bond donors (Lipinski definition) is 0. The van der Waals surface area contributed by atoms with Crippen LogP contribution >= 0.6 is 0 Å². The Morgan fingerprint density at radius 2 is 1.24 bits per heavy atom. The van der Waals surface area contributed by atoms with Gasteiger partial charge in [0.1, 0.15) is 11.6 Å². The average molecular weight is 283 g/mol. The minimum absolute atomic E-state index is 0.0445. The van der Waals surface area contributed by atoms with Crippen molar-refractivity contribution in [1.29, 1.82) is 0 Å². The number of para-hydroxylation sites is 1. The first-order valence-electron chi connectivity index (χ1n) is 7.08. The van der Waals surface area contributed by atoms with Gasteiger partial charge in [-0.05, 0) is 12.1 Å². The number of benzene rings is 1. The van der Waals surface area contributed by atoms with Crippen molar-refractivity contribution >= 4 is 29.1 Å². The quantitative estimate of drug-likeness (QED) is 0.720. The van der Waals surface area contributed by atoms with Crippen LogP contribution in [0.5, 0.6) is 0 Å². The number of fused-ring (bicyclic) bond motifs is 2. The second kappa shape index (κ2) is 4.10. The number of carbonyl (C=O) groups is 4. The molecule has 1 heterocycles. The number of amides is 2. The smallest absolute Gasteiger partial charge is 0.238 e. The molecular formula is C16H13NO4. The fourth-order valence-electron chi connectivity index (χ4n) is 4.01. The van der Waals surface area contributed by atoms with E-state index in [0.717, 1.165) is 4.90 Å². The van der Waals surface area contributed by atoms with Crippen LogP contribution in [0.15, 0.2) is 30.3 Å². The summed E-state index contributed by atoms with van der Waals surface area (Å²) in [4.78, 5) is 50.4. The monoisotopic (exact) mass is 283 g/mol. The van der Waals surface area contributed by atoms with Gasteiger partial charge in [-0.15, -0.1) is 0 Å². The van der Waals surface area contributed by atoms with E-state index < -0.39 is 23.7 Å². The highest BCUT2D eigenvalue weighted by atomic mass is 16.2. The molecule has 5 nitrogen and oxygen atoms in total. The van der Waals surface area contributed by atoms with Crippen molar-refractivity contribution in [1.82, 2.24) is 0 Å². The molecule has 1 aliphatic heterocycles. The number of imide groups is 1. The Labute approximate surface area is 120 Å². The number of hydrogen-bond acceptors (Lipinski definition) is 4. The maximum absolute atomic E-state index is 12.6. The van der Waals surface area contributed by atoms with E-state index in [1.54, 1.807) is 30.3 Å². The van der Waals surface area contributed by atoms with Crippen molar-refractivity contribution in [2.24, 2.45) is 23.7 Å².